The first-order chi connectivity index (χ1) is 14.7. The van der Waals surface area contributed by atoms with Crippen LogP contribution in [-0.4, -0.2) is 55.0 Å². The minimum atomic E-state index is -3.66. The van der Waals surface area contributed by atoms with Crippen molar-refractivity contribution in [3.8, 4) is 0 Å². The summed E-state index contributed by atoms with van der Waals surface area (Å²) in [6.07, 6.45) is 3.38. The van der Waals surface area contributed by atoms with Crippen LogP contribution in [0.3, 0.4) is 0 Å². The number of anilines is 1. The molecule has 1 saturated carbocycles. The molecule has 170 valence electrons. The number of rotatable bonds is 8. The fourth-order valence-corrected chi connectivity index (χ4v) is 6.26. The van der Waals surface area contributed by atoms with Gasteiger partial charge < -0.3 is 5.32 Å². The van der Waals surface area contributed by atoms with Gasteiger partial charge in [-0.05, 0) is 37.5 Å². The van der Waals surface area contributed by atoms with Crippen LogP contribution in [0.5, 0.6) is 0 Å². The number of benzene rings is 1. The molecule has 1 saturated heterocycles. The monoisotopic (exact) mass is 449 g/mol. The number of hydrogen-bond donors (Lipinski definition) is 1. The molecule has 1 aromatic carbocycles. The van der Waals surface area contributed by atoms with Gasteiger partial charge in [-0.2, -0.15) is 4.31 Å². The summed E-state index contributed by atoms with van der Waals surface area (Å²) >= 11 is 0. The van der Waals surface area contributed by atoms with Gasteiger partial charge in [0, 0.05) is 31.7 Å². The Morgan fingerprint density at radius 3 is 2.23 bits per heavy atom. The average Bonchev–Trinajstić information content (AvgIpc) is 2.99. The quantitative estimate of drug-likeness (QED) is 0.614. The van der Waals surface area contributed by atoms with Crippen LogP contribution >= 0.6 is 0 Å². The zero-order valence-corrected chi connectivity index (χ0v) is 19.2. The molecule has 1 N–H and O–H groups in total. The summed E-state index contributed by atoms with van der Waals surface area (Å²) in [5.41, 5.74) is 0.967. The first-order valence-corrected chi connectivity index (χ1v) is 12.4. The number of amides is 3. The van der Waals surface area contributed by atoms with Crippen LogP contribution < -0.4 is 5.32 Å². The Morgan fingerprint density at radius 1 is 1.10 bits per heavy atom. The van der Waals surface area contributed by atoms with Crippen LogP contribution in [0.1, 0.15) is 51.5 Å². The van der Waals surface area contributed by atoms with Gasteiger partial charge in [-0.3, -0.25) is 19.3 Å². The largest absolute Gasteiger partial charge is 0.326 e. The molecule has 3 rings (SSSR count). The zero-order valence-electron chi connectivity index (χ0n) is 18.4. The van der Waals surface area contributed by atoms with Crippen molar-refractivity contribution in [3.63, 3.8) is 0 Å². The molecule has 31 heavy (non-hydrogen) atoms. The van der Waals surface area contributed by atoms with Crippen molar-refractivity contribution < 1.29 is 22.8 Å². The van der Waals surface area contributed by atoms with E-state index < -0.39 is 10.0 Å². The van der Waals surface area contributed by atoms with Crippen molar-refractivity contribution in [3.05, 3.63) is 23.8 Å². The Balaban J connectivity index is 1.66. The fraction of sp³-hybridized carbons (Fsp3) is 0.591. The highest BCUT2D eigenvalue weighted by Crippen LogP contribution is 2.38. The molecule has 2 atom stereocenters. The Bertz CT molecular complexity index is 947. The van der Waals surface area contributed by atoms with Crippen LogP contribution in [0.2, 0.25) is 0 Å². The minimum absolute atomic E-state index is 0.0249. The third-order valence-corrected chi connectivity index (χ3v) is 8.48. The summed E-state index contributed by atoms with van der Waals surface area (Å²) in [4.78, 5) is 38.9. The van der Waals surface area contributed by atoms with Gasteiger partial charge in [-0.15, -0.1) is 0 Å². The van der Waals surface area contributed by atoms with E-state index in [2.05, 4.69) is 5.32 Å². The van der Waals surface area contributed by atoms with E-state index in [0.29, 0.717) is 24.3 Å². The van der Waals surface area contributed by atoms with Crippen molar-refractivity contribution >= 4 is 33.4 Å². The summed E-state index contributed by atoms with van der Waals surface area (Å²) in [6.45, 7) is 6.03. The summed E-state index contributed by atoms with van der Waals surface area (Å²) in [7, 11) is -3.66. The van der Waals surface area contributed by atoms with E-state index in [-0.39, 0.29) is 47.4 Å². The summed E-state index contributed by atoms with van der Waals surface area (Å²) < 4.78 is 27.1. The Morgan fingerprint density at radius 2 is 1.68 bits per heavy atom. The lowest BCUT2D eigenvalue weighted by Crippen LogP contribution is -2.34. The topological polar surface area (TPSA) is 104 Å². The maximum Gasteiger partial charge on any atom is 0.243 e. The summed E-state index contributed by atoms with van der Waals surface area (Å²) in [6, 6.07) is 4.76. The van der Waals surface area contributed by atoms with E-state index in [1.54, 1.807) is 32.9 Å². The van der Waals surface area contributed by atoms with Crippen LogP contribution in [0.15, 0.2) is 23.1 Å². The molecule has 0 aromatic heterocycles. The van der Waals surface area contributed by atoms with Gasteiger partial charge >= 0.3 is 0 Å². The highest BCUT2D eigenvalue weighted by Gasteiger charge is 2.47. The number of carbonyl (C=O) groups excluding carboxylic acids is 3. The fourth-order valence-electron chi connectivity index (χ4n) is 4.55. The van der Waals surface area contributed by atoms with Crippen molar-refractivity contribution in [2.75, 3.05) is 25.0 Å². The van der Waals surface area contributed by atoms with Crippen molar-refractivity contribution in [1.29, 1.82) is 0 Å². The normalized spacial score (nSPS) is 21.5. The highest BCUT2D eigenvalue weighted by molar-refractivity contribution is 7.89. The number of hydrogen-bond acceptors (Lipinski definition) is 5. The molecule has 0 unspecified atom stereocenters. The molecular weight excluding hydrogens is 418 g/mol. The van der Waals surface area contributed by atoms with Crippen molar-refractivity contribution in [1.82, 2.24) is 9.21 Å². The molecule has 8 nitrogen and oxygen atoms in total. The SMILES string of the molecule is CCN(CC)S(=O)(=O)c1cc(NC(=O)CCN2C(=O)[C@H]3CCCC[C@H]3C2=O)ccc1C. The molecule has 1 heterocycles. The van der Waals surface area contributed by atoms with E-state index in [1.807, 2.05) is 0 Å². The van der Waals surface area contributed by atoms with Crippen molar-refractivity contribution in [2.24, 2.45) is 11.8 Å². The lowest BCUT2D eigenvalue weighted by Gasteiger charge is -2.20. The molecule has 0 spiro atoms. The molecule has 9 heteroatoms. The Hall–Kier alpha value is -2.26. The minimum Gasteiger partial charge on any atom is -0.326 e. The average molecular weight is 450 g/mol. The van der Waals surface area contributed by atoms with Gasteiger partial charge in [0.05, 0.1) is 16.7 Å². The maximum absolute atomic E-state index is 12.9. The van der Waals surface area contributed by atoms with E-state index >= 15 is 0 Å². The van der Waals surface area contributed by atoms with Gasteiger partial charge in [0.1, 0.15) is 0 Å². The first kappa shape index (κ1) is 23.4. The van der Waals surface area contributed by atoms with Crippen LogP contribution in [0, 0.1) is 18.8 Å². The molecule has 2 fully saturated rings. The molecule has 0 bridgehead atoms. The van der Waals surface area contributed by atoms with Crippen molar-refractivity contribution in [2.45, 2.75) is 57.8 Å². The van der Waals surface area contributed by atoms with Crippen LogP contribution in [0.4, 0.5) is 5.69 Å². The van der Waals surface area contributed by atoms with Gasteiger partial charge in [-0.25, -0.2) is 8.42 Å². The van der Waals surface area contributed by atoms with Crippen LogP contribution in [-0.2, 0) is 24.4 Å². The lowest BCUT2D eigenvalue weighted by molar-refractivity contribution is -0.140. The molecule has 1 aliphatic carbocycles. The third-order valence-electron chi connectivity index (χ3n) is 6.29. The second-order valence-electron chi connectivity index (χ2n) is 8.19. The van der Waals surface area contributed by atoms with Gasteiger partial charge in [-0.1, -0.05) is 32.8 Å². The number of nitrogens with zero attached hydrogens (tertiary/aromatic N) is 2. The summed E-state index contributed by atoms with van der Waals surface area (Å²) in [5, 5.41) is 2.70. The highest BCUT2D eigenvalue weighted by atomic mass is 32.2. The van der Waals surface area contributed by atoms with E-state index in [9.17, 15) is 22.8 Å². The predicted octanol–water partition coefficient (Wildman–Crippen LogP) is 2.53. The molecule has 1 aromatic rings. The van der Waals surface area contributed by atoms with E-state index in [0.717, 1.165) is 25.7 Å². The number of nitrogens with one attached hydrogen (secondary N) is 1. The third kappa shape index (κ3) is 4.67. The number of carbonyl (C=O) groups is 3. The number of aryl methyl sites for hydroxylation is 1. The van der Waals surface area contributed by atoms with Crippen LogP contribution in [0.25, 0.3) is 0 Å². The Kier molecular flexibility index (Phi) is 7.16. The molecule has 0 radical (unpaired) electrons. The number of imide groups is 1. The molecule has 2 aliphatic rings. The summed E-state index contributed by atoms with van der Waals surface area (Å²) in [5.74, 6) is -1.15. The zero-order chi connectivity index (χ0) is 22.8. The van der Waals surface area contributed by atoms with Gasteiger partial charge in [0.25, 0.3) is 0 Å². The smallest absolute Gasteiger partial charge is 0.243 e. The molecule has 3 amide bonds. The standard InChI is InChI=1S/C22H31N3O5S/c1-4-24(5-2)31(29,30)19-14-16(11-10-15(19)3)23-20(26)12-13-25-21(27)17-8-6-7-9-18(17)22(25)28/h10-11,14,17-18H,4-9,12-13H2,1-3H3,(H,23,26)/t17-,18+. The second kappa shape index (κ2) is 9.48. The number of likely N-dealkylation sites (tertiary alicyclic amines) is 1. The number of sulfonamides is 1. The van der Waals surface area contributed by atoms with Gasteiger partial charge in [0.15, 0.2) is 0 Å². The molecular formula is C22H31N3O5S. The second-order valence-corrected chi connectivity index (χ2v) is 10.1. The first-order valence-electron chi connectivity index (χ1n) is 11.0. The maximum atomic E-state index is 12.9. The van der Waals surface area contributed by atoms with Gasteiger partial charge in [0.2, 0.25) is 27.7 Å². The Labute approximate surface area is 184 Å². The van der Waals surface area contributed by atoms with E-state index in [1.165, 1.54) is 15.3 Å². The lowest BCUT2D eigenvalue weighted by atomic mass is 9.81. The molecule has 1 aliphatic heterocycles. The number of fused-ring (bicyclic) bond motifs is 1. The van der Waals surface area contributed by atoms with E-state index in [4.69, 9.17) is 0 Å². The predicted molar refractivity (Wildman–Crippen MR) is 117 cm³/mol.